The molecule has 0 spiro atoms. The number of aromatic amines is 1. The summed E-state index contributed by atoms with van der Waals surface area (Å²) in [7, 11) is 1.65. The second-order valence-electron chi connectivity index (χ2n) is 7.24. The third-order valence-electron chi connectivity index (χ3n) is 5.14. The van der Waals surface area contributed by atoms with Crippen molar-refractivity contribution in [1.29, 1.82) is 0 Å². The van der Waals surface area contributed by atoms with E-state index in [0.29, 0.717) is 24.9 Å². The van der Waals surface area contributed by atoms with Gasteiger partial charge in [-0.15, -0.1) is 0 Å². The molecule has 0 saturated heterocycles. The van der Waals surface area contributed by atoms with Crippen LogP contribution in [0.15, 0.2) is 72.9 Å². The van der Waals surface area contributed by atoms with Gasteiger partial charge >= 0.3 is 0 Å². The smallest absolute Gasteiger partial charge is 0.251 e. The molecule has 4 nitrogen and oxygen atoms in total. The van der Waals surface area contributed by atoms with E-state index < -0.39 is 0 Å². The van der Waals surface area contributed by atoms with Crippen molar-refractivity contribution in [3.05, 3.63) is 101 Å². The van der Waals surface area contributed by atoms with E-state index in [9.17, 15) is 9.18 Å². The predicted octanol–water partition coefficient (Wildman–Crippen LogP) is 4.88. The molecule has 4 aromatic rings. The van der Waals surface area contributed by atoms with Crippen LogP contribution in [0, 0.1) is 5.82 Å². The lowest BCUT2D eigenvalue weighted by Crippen LogP contribution is -2.25. The normalized spacial score (nSPS) is 10.9. The van der Waals surface area contributed by atoms with Crippen molar-refractivity contribution in [2.45, 2.75) is 12.8 Å². The zero-order chi connectivity index (χ0) is 20.9. The van der Waals surface area contributed by atoms with E-state index in [2.05, 4.69) is 10.3 Å². The van der Waals surface area contributed by atoms with Gasteiger partial charge in [0.1, 0.15) is 11.6 Å². The van der Waals surface area contributed by atoms with E-state index in [4.69, 9.17) is 4.74 Å². The van der Waals surface area contributed by atoms with Crippen LogP contribution < -0.4 is 10.1 Å². The number of halogens is 1. The molecule has 0 unspecified atom stereocenters. The van der Waals surface area contributed by atoms with Crippen LogP contribution >= 0.6 is 0 Å². The van der Waals surface area contributed by atoms with Gasteiger partial charge in [0.05, 0.1) is 7.11 Å². The summed E-state index contributed by atoms with van der Waals surface area (Å²) in [6.07, 6.45) is 3.26. The number of fused-ring (bicyclic) bond motifs is 1. The topological polar surface area (TPSA) is 54.1 Å². The number of hydrogen-bond acceptors (Lipinski definition) is 2. The molecular formula is C25H23FN2O2. The molecule has 1 amide bonds. The molecule has 30 heavy (non-hydrogen) atoms. The maximum atomic E-state index is 13.4. The molecule has 4 rings (SSSR count). The summed E-state index contributed by atoms with van der Waals surface area (Å²) in [6, 6.07) is 19.9. The largest absolute Gasteiger partial charge is 0.497 e. The van der Waals surface area contributed by atoms with Crippen molar-refractivity contribution < 1.29 is 13.9 Å². The van der Waals surface area contributed by atoms with Crippen LogP contribution in [-0.2, 0) is 12.8 Å². The molecule has 0 fully saturated rings. The number of carbonyl (C=O) groups excluding carboxylic acids is 1. The number of methoxy groups -OCH3 is 1. The summed E-state index contributed by atoms with van der Waals surface area (Å²) >= 11 is 0. The van der Waals surface area contributed by atoms with E-state index in [1.807, 2.05) is 48.7 Å². The molecule has 0 aliphatic carbocycles. The molecular weight excluding hydrogens is 379 g/mol. The van der Waals surface area contributed by atoms with Gasteiger partial charge in [-0.25, -0.2) is 4.39 Å². The first-order valence-corrected chi connectivity index (χ1v) is 9.88. The Morgan fingerprint density at radius 2 is 1.83 bits per heavy atom. The fourth-order valence-corrected chi connectivity index (χ4v) is 3.61. The molecule has 0 aliphatic rings. The van der Waals surface area contributed by atoms with Crippen molar-refractivity contribution in [2.75, 3.05) is 13.7 Å². The average molecular weight is 402 g/mol. The Hall–Kier alpha value is -3.60. The van der Waals surface area contributed by atoms with Gasteiger partial charge < -0.3 is 15.0 Å². The van der Waals surface area contributed by atoms with Gasteiger partial charge in [0, 0.05) is 29.2 Å². The van der Waals surface area contributed by atoms with Crippen molar-refractivity contribution in [1.82, 2.24) is 10.3 Å². The van der Waals surface area contributed by atoms with Crippen LogP contribution in [0.1, 0.15) is 27.0 Å². The average Bonchev–Trinajstić information content (AvgIpc) is 3.16. The standard InChI is InChI=1S/C25H23FN2O2/c1-30-22-8-9-24-23(15-22)20(16-28-24)10-11-27-25(29)19-6-2-4-17(13-19)12-18-5-3-7-21(26)14-18/h2-9,13-16,28H,10-12H2,1H3,(H,27,29). The predicted molar refractivity (Wildman–Crippen MR) is 117 cm³/mol. The molecule has 0 atom stereocenters. The fourth-order valence-electron chi connectivity index (χ4n) is 3.61. The van der Waals surface area contributed by atoms with Gasteiger partial charge in [0.25, 0.3) is 5.91 Å². The molecule has 0 bridgehead atoms. The lowest BCUT2D eigenvalue weighted by Gasteiger charge is -2.08. The van der Waals surface area contributed by atoms with Gasteiger partial charge in [-0.3, -0.25) is 4.79 Å². The number of carbonyl (C=O) groups is 1. The first-order chi connectivity index (χ1) is 14.6. The number of benzene rings is 3. The number of H-pyrrole nitrogens is 1. The third-order valence-corrected chi connectivity index (χ3v) is 5.14. The molecule has 3 aromatic carbocycles. The number of nitrogens with one attached hydrogen (secondary N) is 2. The summed E-state index contributed by atoms with van der Waals surface area (Å²) in [5.41, 5.74) is 4.62. The summed E-state index contributed by atoms with van der Waals surface area (Å²) < 4.78 is 18.7. The van der Waals surface area contributed by atoms with Gasteiger partial charge in [-0.05, 0) is 72.0 Å². The lowest BCUT2D eigenvalue weighted by atomic mass is 10.0. The minimum atomic E-state index is -0.253. The van der Waals surface area contributed by atoms with Gasteiger partial charge in [0.2, 0.25) is 0 Å². The highest BCUT2D eigenvalue weighted by molar-refractivity contribution is 5.94. The fraction of sp³-hybridized carbons (Fsp3) is 0.160. The van der Waals surface area contributed by atoms with Crippen molar-refractivity contribution >= 4 is 16.8 Å². The third kappa shape index (κ3) is 4.51. The second kappa shape index (κ2) is 8.82. The van der Waals surface area contributed by atoms with Crippen LogP contribution in [0.25, 0.3) is 10.9 Å². The molecule has 2 N–H and O–H groups in total. The van der Waals surface area contributed by atoms with Crippen molar-refractivity contribution in [3.63, 3.8) is 0 Å². The Morgan fingerprint density at radius 1 is 1.03 bits per heavy atom. The van der Waals surface area contributed by atoms with E-state index >= 15 is 0 Å². The highest BCUT2D eigenvalue weighted by Crippen LogP contribution is 2.23. The van der Waals surface area contributed by atoms with E-state index in [1.165, 1.54) is 12.1 Å². The minimum Gasteiger partial charge on any atom is -0.497 e. The first-order valence-electron chi connectivity index (χ1n) is 9.88. The Kier molecular flexibility index (Phi) is 5.80. The molecule has 0 saturated carbocycles. The number of rotatable bonds is 7. The number of amides is 1. The quantitative estimate of drug-likeness (QED) is 0.463. The molecule has 0 aliphatic heterocycles. The van der Waals surface area contributed by atoms with E-state index in [1.54, 1.807) is 19.2 Å². The van der Waals surface area contributed by atoms with Crippen LogP contribution in [0.2, 0.25) is 0 Å². The minimum absolute atomic E-state index is 0.117. The zero-order valence-electron chi connectivity index (χ0n) is 16.7. The second-order valence-corrected chi connectivity index (χ2v) is 7.24. The van der Waals surface area contributed by atoms with Gasteiger partial charge in [-0.1, -0.05) is 24.3 Å². The Balaban J connectivity index is 1.39. The summed E-state index contributed by atoms with van der Waals surface area (Å²) in [5, 5.41) is 4.08. The highest BCUT2D eigenvalue weighted by Gasteiger charge is 2.09. The molecule has 1 aromatic heterocycles. The Labute approximate surface area is 174 Å². The van der Waals surface area contributed by atoms with Crippen molar-refractivity contribution in [2.24, 2.45) is 0 Å². The molecule has 5 heteroatoms. The first kappa shape index (κ1) is 19.7. The summed E-state index contributed by atoms with van der Waals surface area (Å²) in [5.74, 6) is 0.437. The summed E-state index contributed by atoms with van der Waals surface area (Å²) in [6.45, 7) is 0.525. The SMILES string of the molecule is COc1ccc2[nH]cc(CCNC(=O)c3cccc(Cc4cccc(F)c4)c3)c2c1. The van der Waals surface area contributed by atoms with Gasteiger partial charge in [0.15, 0.2) is 0 Å². The van der Waals surface area contributed by atoms with Crippen LogP contribution in [0.5, 0.6) is 5.75 Å². The monoisotopic (exact) mass is 402 g/mol. The molecule has 0 radical (unpaired) electrons. The molecule has 1 heterocycles. The Morgan fingerprint density at radius 3 is 2.63 bits per heavy atom. The van der Waals surface area contributed by atoms with Crippen LogP contribution in [-0.4, -0.2) is 24.5 Å². The highest BCUT2D eigenvalue weighted by atomic mass is 19.1. The zero-order valence-corrected chi connectivity index (χ0v) is 16.7. The maximum Gasteiger partial charge on any atom is 0.251 e. The van der Waals surface area contributed by atoms with Crippen molar-refractivity contribution in [3.8, 4) is 5.75 Å². The van der Waals surface area contributed by atoms with Crippen LogP contribution in [0.4, 0.5) is 4.39 Å². The maximum absolute atomic E-state index is 13.4. The number of aromatic nitrogens is 1. The van der Waals surface area contributed by atoms with Crippen LogP contribution in [0.3, 0.4) is 0 Å². The van der Waals surface area contributed by atoms with E-state index in [0.717, 1.165) is 33.3 Å². The lowest BCUT2D eigenvalue weighted by molar-refractivity contribution is 0.0954. The number of ether oxygens (including phenoxy) is 1. The molecule has 152 valence electrons. The number of hydrogen-bond donors (Lipinski definition) is 2. The van der Waals surface area contributed by atoms with E-state index in [-0.39, 0.29) is 11.7 Å². The summed E-state index contributed by atoms with van der Waals surface area (Å²) in [4.78, 5) is 15.8. The Bertz CT molecular complexity index is 1180. The van der Waals surface area contributed by atoms with Gasteiger partial charge in [-0.2, -0.15) is 0 Å².